The van der Waals surface area contributed by atoms with Crippen LogP contribution in [0.25, 0.3) is 0 Å². The topological polar surface area (TPSA) is 23.8 Å². The van der Waals surface area contributed by atoms with E-state index in [0.29, 0.717) is 5.56 Å². The second-order valence-corrected chi connectivity index (χ2v) is 3.46. The highest BCUT2D eigenvalue weighted by Gasteiger charge is 1.97. The Morgan fingerprint density at radius 2 is 1.47 bits per heavy atom. The average Bonchev–Trinajstić information content (AvgIpc) is 2.37. The molecule has 0 atom stereocenters. The number of hydrogen-bond acceptors (Lipinski definition) is 1. The zero-order chi connectivity index (χ0) is 12.1. The molecule has 0 fully saturated rings. The molecule has 1 nitrogen and oxygen atoms in total. The third-order valence-corrected chi connectivity index (χ3v) is 2.15. The van der Waals surface area contributed by atoms with Gasteiger partial charge in [0.1, 0.15) is 5.82 Å². The normalized spacial score (nSPS) is 8.94. The summed E-state index contributed by atoms with van der Waals surface area (Å²) in [6, 6.07) is 15.4. The lowest BCUT2D eigenvalue weighted by atomic mass is 10.1. The molecule has 0 spiro atoms. The van der Waals surface area contributed by atoms with E-state index in [1.807, 2.05) is 36.4 Å². The molecule has 0 heterocycles. The SMILES string of the molecule is N#Cc1cc(F)cc(C#Cc2ccccc2)c1. The first kappa shape index (κ1) is 10.9. The highest BCUT2D eigenvalue weighted by atomic mass is 19.1. The Kier molecular flexibility index (Phi) is 3.19. The van der Waals surface area contributed by atoms with Crippen LogP contribution in [0.2, 0.25) is 0 Å². The van der Waals surface area contributed by atoms with E-state index in [1.54, 1.807) is 6.07 Å². The van der Waals surface area contributed by atoms with Crippen molar-refractivity contribution in [1.29, 1.82) is 5.26 Å². The highest BCUT2D eigenvalue weighted by Crippen LogP contribution is 2.07. The number of benzene rings is 2. The summed E-state index contributed by atoms with van der Waals surface area (Å²) in [6.07, 6.45) is 0. The molecule has 2 aromatic carbocycles. The van der Waals surface area contributed by atoms with Gasteiger partial charge in [-0.15, -0.1) is 0 Å². The zero-order valence-corrected chi connectivity index (χ0v) is 8.94. The first-order valence-electron chi connectivity index (χ1n) is 5.06. The molecule has 0 aromatic heterocycles. The van der Waals surface area contributed by atoms with E-state index >= 15 is 0 Å². The van der Waals surface area contributed by atoms with Crippen molar-refractivity contribution in [3.63, 3.8) is 0 Å². The van der Waals surface area contributed by atoms with Crippen molar-refractivity contribution in [3.8, 4) is 17.9 Å². The molecule has 0 saturated heterocycles. The highest BCUT2D eigenvalue weighted by molar-refractivity contribution is 5.46. The molecule has 0 N–H and O–H groups in total. The van der Waals surface area contributed by atoms with E-state index in [9.17, 15) is 4.39 Å². The van der Waals surface area contributed by atoms with Gasteiger partial charge in [-0.2, -0.15) is 5.26 Å². The molecule has 2 heteroatoms. The van der Waals surface area contributed by atoms with Gasteiger partial charge in [0.25, 0.3) is 0 Å². The van der Waals surface area contributed by atoms with E-state index in [4.69, 9.17) is 5.26 Å². The van der Waals surface area contributed by atoms with Crippen LogP contribution in [-0.2, 0) is 0 Å². The fourth-order valence-electron chi connectivity index (χ4n) is 1.39. The van der Waals surface area contributed by atoms with Gasteiger partial charge in [-0.3, -0.25) is 0 Å². The summed E-state index contributed by atoms with van der Waals surface area (Å²) >= 11 is 0. The Morgan fingerprint density at radius 3 is 2.18 bits per heavy atom. The van der Waals surface area contributed by atoms with Crippen LogP contribution < -0.4 is 0 Å². The molecule has 0 amide bonds. The molecule has 0 aliphatic rings. The molecule has 0 bridgehead atoms. The van der Waals surface area contributed by atoms with E-state index < -0.39 is 5.82 Å². The van der Waals surface area contributed by atoms with Crippen LogP contribution >= 0.6 is 0 Å². The molecule has 2 rings (SSSR count). The van der Waals surface area contributed by atoms with Crippen LogP contribution in [0.5, 0.6) is 0 Å². The Balaban J connectivity index is 2.35. The molecule has 0 saturated carbocycles. The van der Waals surface area contributed by atoms with Crippen molar-refractivity contribution in [1.82, 2.24) is 0 Å². The lowest BCUT2D eigenvalue weighted by Gasteiger charge is -1.93. The minimum Gasteiger partial charge on any atom is -0.207 e. The van der Waals surface area contributed by atoms with E-state index in [1.165, 1.54) is 12.1 Å². The van der Waals surface area contributed by atoms with Crippen LogP contribution in [0.4, 0.5) is 4.39 Å². The van der Waals surface area contributed by atoms with E-state index in [-0.39, 0.29) is 5.56 Å². The van der Waals surface area contributed by atoms with Gasteiger partial charge in [0.2, 0.25) is 0 Å². The summed E-state index contributed by atoms with van der Waals surface area (Å²) < 4.78 is 13.1. The molecule has 80 valence electrons. The van der Waals surface area contributed by atoms with Crippen molar-refractivity contribution in [3.05, 3.63) is 71.0 Å². The van der Waals surface area contributed by atoms with E-state index in [2.05, 4.69) is 11.8 Å². The third kappa shape index (κ3) is 2.93. The number of nitrogens with zero attached hydrogens (tertiary/aromatic N) is 1. The maximum atomic E-state index is 13.1. The van der Waals surface area contributed by atoms with Crippen LogP contribution in [0, 0.1) is 29.0 Å². The minimum absolute atomic E-state index is 0.280. The van der Waals surface area contributed by atoms with Gasteiger partial charge >= 0.3 is 0 Å². The minimum atomic E-state index is -0.443. The predicted molar refractivity (Wildman–Crippen MR) is 63.5 cm³/mol. The standard InChI is InChI=1S/C15H8FN/c16-15-9-13(8-14(10-15)11-17)7-6-12-4-2-1-3-5-12/h1-5,8-10H. The van der Waals surface area contributed by atoms with Gasteiger partial charge < -0.3 is 0 Å². The molecule has 0 unspecified atom stereocenters. The van der Waals surface area contributed by atoms with Crippen molar-refractivity contribution >= 4 is 0 Å². The van der Waals surface area contributed by atoms with Crippen LogP contribution in [0.1, 0.15) is 16.7 Å². The first-order valence-corrected chi connectivity index (χ1v) is 5.06. The fraction of sp³-hybridized carbons (Fsp3) is 0. The quantitative estimate of drug-likeness (QED) is 0.627. The van der Waals surface area contributed by atoms with Crippen molar-refractivity contribution in [2.24, 2.45) is 0 Å². The van der Waals surface area contributed by atoms with Gasteiger partial charge in [0, 0.05) is 11.1 Å². The maximum absolute atomic E-state index is 13.1. The Labute approximate surface area is 99.1 Å². The summed E-state index contributed by atoms with van der Waals surface area (Å²) in [4.78, 5) is 0. The molecule has 2 aromatic rings. The predicted octanol–water partition coefficient (Wildman–Crippen LogP) is 3.10. The number of hydrogen-bond donors (Lipinski definition) is 0. The van der Waals surface area contributed by atoms with E-state index in [0.717, 1.165) is 5.56 Å². The third-order valence-electron chi connectivity index (χ3n) is 2.15. The van der Waals surface area contributed by atoms with Crippen molar-refractivity contribution < 1.29 is 4.39 Å². The maximum Gasteiger partial charge on any atom is 0.125 e. The Hall–Kier alpha value is -2.58. The summed E-state index contributed by atoms with van der Waals surface area (Å²) in [5.74, 6) is 5.31. The number of rotatable bonds is 0. The van der Waals surface area contributed by atoms with Crippen molar-refractivity contribution in [2.75, 3.05) is 0 Å². The van der Waals surface area contributed by atoms with Crippen LogP contribution in [0.3, 0.4) is 0 Å². The summed E-state index contributed by atoms with van der Waals surface area (Å²) in [5.41, 5.74) is 1.64. The van der Waals surface area contributed by atoms with Crippen molar-refractivity contribution in [2.45, 2.75) is 0 Å². The first-order chi connectivity index (χ1) is 8.28. The molecular formula is C15H8FN. The molecule has 0 aliphatic heterocycles. The Morgan fingerprint density at radius 1 is 0.824 bits per heavy atom. The van der Waals surface area contributed by atoms with Gasteiger partial charge in [0.05, 0.1) is 11.6 Å². The molecule has 0 aliphatic carbocycles. The summed E-state index contributed by atoms with van der Waals surface area (Å²) in [6.45, 7) is 0. The zero-order valence-electron chi connectivity index (χ0n) is 8.94. The monoisotopic (exact) mass is 221 g/mol. The molecular weight excluding hydrogens is 213 g/mol. The average molecular weight is 221 g/mol. The smallest absolute Gasteiger partial charge is 0.125 e. The molecule has 17 heavy (non-hydrogen) atoms. The largest absolute Gasteiger partial charge is 0.207 e. The van der Waals surface area contributed by atoms with Gasteiger partial charge in [-0.05, 0) is 30.3 Å². The van der Waals surface area contributed by atoms with Gasteiger partial charge in [0.15, 0.2) is 0 Å². The lowest BCUT2D eigenvalue weighted by molar-refractivity contribution is 0.627. The second-order valence-electron chi connectivity index (χ2n) is 3.46. The summed E-state index contributed by atoms with van der Waals surface area (Å²) in [5, 5.41) is 8.71. The van der Waals surface area contributed by atoms with Crippen LogP contribution in [0.15, 0.2) is 48.5 Å². The lowest BCUT2D eigenvalue weighted by Crippen LogP contribution is -1.83. The summed E-state index contributed by atoms with van der Waals surface area (Å²) in [7, 11) is 0. The van der Waals surface area contributed by atoms with Crippen LogP contribution in [-0.4, -0.2) is 0 Å². The second kappa shape index (κ2) is 4.96. The number of halogens is 1. The van der Waals surface area contributed by atoms with Gasteiger partial charge in [-0.1, -0.05) is 30.0 Å². The van der Waals surface area contributed by atoms with Gasteiger partial charge in [-0.25, -0.2) is 4.39 Å². The Bertz CT molecular complexity index is 627. The fourth-order valence-corrected chi connectivity index (χ4v) is 1.39. The molecule has 0 radical (unpaired) electrons. The number of nitriles is 1.